The molecule has 0 unspecified atom stereocenters. The van der Waals surface area contributed by atoms with E-state index in [0.717, 1.165) is 43.4 Å². The SMILES string of the molecule is O=C(c1ncoc1C1CC1)N1CCCC[C@H]1c1cccc(F)c1. The number of piperidine rings is 1. The van der Waals surface area contributed by atoms with Crippen LogP contribution in [0.3, 0.4) is 0 Å². The molecule has 1 saturated carbocycles. The molecule has 0 N–H and O–H groups in total. The number of hydrogen-bond acceptors (Lipinski definition) is 3. The fourth-order valence-corrected chi connectivity index (χ4v) is 3.42. The number of hydrogen-bond donors (Lipinski definition) is 0. The van der Waals surface area contributed by atoms with E-state index < -0.39 is 0 Å². The van der Waals surface area contributed by atoms with Crippen LogP contribution in [0.15, 0.2) is 35.1 Å². The van der Waals surface area contributed by atoms with E-state index in [1.807, 2.05) is 11.0 Å². The summed E-state index contributed by atoms with van der Waals surface area (Å²) in [7, 11) is 0. The summed E-state index contributed by atoms with van der Waals surface area (Å²) in [4.78, 5) is 19.0. The van der Waals surface area contributed by atoms with Crippen molar-refractivity contribution in [1.29, 1.82) is 0 Å². The lowest BCUT2D eigenvalue weighted by Crippen LogP contribution is -2.39. The van der Waals surface area contributed by atoms with E-state index in [1.54, 1.807) is 6.07 Å². The Morgan fingerprint density at radius 2 is 2.13 bits per heavy atom. The van der Waals surface area contributed by atoms with Gasteiger partial charge in [0.1, 0.15) is 11.6 Å². The highest BCUT2D eigenvalue weighted by Crippen LogP contribution is 2.42. The Kier molecular flexibility index (Phi) is 3.63. The van der Waals surface area contributed by atoms with Gasteiger partial charge in [-0.15, -0.1) is 0 Å². The molecular formula is C18H19FN2O2. The van der Waals surface area contributed by atoms with Crippen LogP contribution in [-0.2, 0) is 0 Å². The van der Waals surface area contributed by atoms with Crippen LogP contribution in [0.4, 0.5) is 4.39 Å². The van der Waals surface area contributed by atoms with E-state index in [-0.39, 0.29) is 17.8 Å². The topological polar surface area (TPSA) is 46.3 Å². The minimum Gasteiger partial charge on any atom is -0.447 e. The lowest BCUT2D eigenvalue weighted by molar-refractivity contribution is 0.0603. The van der Waals surface area contributed by atoms with Crippen molar-refractivity contribution >= 4 is 5.91 Å². The summed E-state index contributed by atoms with van der Waals surface area (Å²) in [5.41, 5.74) is 1.30. The highest BCUT2D eigenvalue weighted by molar-refractivity contribution is 5.93. The number of likely N-dealkylation sites (tertiary alicyclic amines) is 1. The fourth-order valence-electron chi connectivity index (χ4n) is 3.42. The fraction of sp³-hybridized carbons (Fsp3) is 0.444. The summed E-state index contributed by atoms with van der Waals surface area (Å²) < 4.78 is 19.0. The van der Waals surface area contributed by atoms with Crippen molar-refractivity contribution in [3.63, 3.8) is 0 Å². The number of amides is 1. The van der Waals surface area contributed by atoms with Crippen molar-refractivity contribution in [3.05, 3.63) is 53.5 Å². The third kappa shape index (κ3) is 2.76. The van der Waals surface area contributed by atoms with Gasteiger partial charge in [-0.1, -0.05) is 12.1 Å². The standard InChI is InChI=1S/C18H19FN2O2/c19-14-5-3-4-13(10-14)15-6-1-2-9-21(15)18(22)16-17(12-7-8-12)23-11-20-16/h3-5,10-12,15H,1-2,6-9H2/t15-/m0/s1. The van der Waals surface area contributed by atoms with Crippen LogP contribution in [0.2, 0.25) is 0 Å². The monoisotopic (exact) mass is 314 g/mol. The largest absolute Gasteiger partial charge is 0.447 e. The Bertz CT molecular complexity index is 723. The number of oxazole rings is 1. The zero-order valence-corrected chi connectivity index (χ0v) is 12.9. The lowest BCUT2D eigenvalue weighted by atomic mass is 9.94. The summed E-state index contributed by atoms with van der Waals surface area (Å²) in [6.07, 6.45) is 6.34. The predicted molar refractivity (Wildman–Crippen MR) is 82.5 cm³/mol. The molecule has 5 heteroatoms. The molecule has 2 heterocycles. The van der Waals surface area contributed by atoms with Crippen molar-refractivity contribution in [2.24, 2.45) is 0 Å². The molecule has 23 heavy (non-hydrogen) atoms. The Labute approximate surface area is 134 Å². The molecule has 1 atom stereocenters. The van der Waals surface area contributed by atoms with Crippen molar-refractivity contribution in [2.45, 2.75) is 44.1 Å². The van der Waals surface area contributed by atoms with Crippen LogP contribution in [0.5, 0.6) is 0 Å². The maximum atomic E-state index is 13.6. The second kappa shape index (κ2) is 5.80. The Morgan fingerprint density at radius 3 is 2.91 bits per heavy atom. The third-order valence-electron chi connectivity index (χ3n) is 4.74. The quantitative estimate of drug-likeness (QED) is 0.858. The smallest absolute Gasteiger partial charge is 0.276 e. The van der Waals surface area contributed by atoms with Crippen LogP contribution < -0.4 is 0 Å². The molecular weight excluding hydrogens is 295 g/mol. The van der Waals surface area contributed by atoms with Crippen LogP contribution in [0, 0.1) is 5.82 Å². The molecule has 0 bridgehead atoms. The average molecular weight is 314 g/mol. The summed E-state index contributed by atoms with van der Waals surface area (Å²) in [5.74, 6) is 0.711. The van der Waals surface area contributed by atoms with Gasteiger partial charge in [-0.3, -0.25) is 4.79 Å². The van der Waals surface area contributed by atoms with Crippen molar-refractivity contribution < 1.29 is 13.6 Å². The molecule has 1 aromatic carbocycles. The maximum Gasteiger partial charge on any atom is 0.276 e. The Morgan fingerprint density at radius 1 is 1.26 bits per heavy atom. The molecule has 1 aliphatic carbocycles. The van der Waals surface area contributed by atoms with E-state index in [4.69, 9.17) is 4.42 Å². The van der Waals surface area contributed by atoms with E-state index >= 15 is 0 Å². The normalized spacial score (nSPS) is 21.4. The Balaban J connectivity index is 1.64. The van der Waals surface area contributed by atoms with E-state index in [0.29, 0.717) is 18.2 Å². The highest BCUT2D eigenvalue weighted by atomic mass is 19.1. The van der Waals surface area contributed by atoms with Crippen LogP contribution in [0.1, 0.15) is 65.9 Å². The first-order chi connectivity index (χ1) is 11.2. The summed E-state index contributed by atoms with van der Waals surface area (Å²) in [6.45, 7) is 0.678. The van der Waals surface area contributed by atoms with Crippen LogP contribution >= 0.6 is 0 Å². The molecule has 1 amide bonds. The number of carbonyl (C=O) groups is 1. The molecule has 120 valence electrons. The molecule has 2 aliphatic rings. The molecule has 1 saturated heterocycles. The van der Waals surface area contributed by atoms with Gasteiger partial charge in [-0.25, -0.2) is 9.37 Å². The first-order valence-electron chi connectivity index (χ1n) is 8.24. The summed E-state index contributed by atoms with van der Waals surface area (Å²) in [5, 5.41) is 0. The van der Waals surface area contributed by atoms with Gasteiger partial charge in [0, 0.05) is 12.5 Å². The second-order valence-electron chi connectivity index (χ2n) is 6.40. The van der Waals surface area contributed by atoms with Gasteiger partial charge in [-0.2, -0.15) is 0 Å². The summed E-state index contributed by atoms with van der Waals surface area (Å²) in [6, 6.07) is 6.47. The lowest BCUT2D eigenvalue weighted by Gasteiger charge is -2.35. The summed E-state index contributed by atoms with van der Waals surface area (Å²) >= 11 is 0. The highest BCUT2D eigenvalue weighted by Gasteiger charge is 2.36. The number of halogens is 1. The molecule has 4 rings (SSSR count). The average Bonchev–Trinajstić information content (AvgIpc) is 3.31. The zero-order valence-electron chi connectivity index (χ0n) is 12.9. The van der Waals surface area contributed by atoms with Crippen molar-refractivity contribution in [3.8, 4) is 0 Å². The van der Waals surface area contributed by atoms with Gasteiger partial charge < -0.3 is 9.32 Å². The number of benzene rings is 1. The number of nitrogens with zero attached hydrogens (tertiary/aromatic N) is 2. The molecule has 2 aromatic rings. The predicted octanol–water partition coefficient (Wildman–Crippen LogP) is 4.06. The molecule has 0 radical (unpaired) electrons. The van der Waals surface area contributed by atoms with Gasteiger partial charge in [0.05, 0.1) is 6.04 Å². The minimum atomic E-state index is -0.263. The first-order valence-corrected chi connectivity index (χ1v) is 8.24. The number of aromatic nitrogens is 1. The third-order valence-corrected chi connectivity index (χ3v) is 4.74. The Hall–Kier alpha value is -2.17. The van der Waals surface area contributed by atoms with Gasteiger partial charge in [-0.05, 0) is 49.8 Å². The molecule has 2 fully saturated rings. The van der Waals surface area contributed by atoms with Crippen molar-refractivity contribution in [1.82, 2.24) is 9.88 Å². The number of carbonyl (C=O) groups excluding carboxylic acids is 1. The van der Waals surface area contributed by atoms with Gasteiger partial charge in [0.15, 0.2) is 12.1 Å². The molecule has 4 nitrogen and oxygen atoms in total. The van der Waals surface area contributed by atoms with Crippen LogP contribution in [-0.4, -0.2) is 22.3 Å². The van der Waals surface area contributed by atoms with E-state index in [1.165, 1.54) is 18.5 Å². The van der Waals surface area contributed by atoms with E-state index in [2.05, 4.69) is 4.98 Å². The minimum absolute atomic E-state index is 0.0873. The molecule has 0 spiro atoms. The van der Waals surface area contributed by atoms with Gasteiger partial charge >= 0.3 is 0 Å². The molecule has 1 aromatic heterocycles. The van der Waals surface area contributed by atoms with Gasteiger partial charge in [0.25, 0.3) is 5.91 Å². The molecule has 1 aliphatic heterocycles. The van der Waals surface area contributed by atoms with Crippen molar-refractivity contribution in [2.75, 3.05) is 6.54 Å². The van der Waals surface area contributed by atoms with Crippen LogP contribution in [0.25, 0.3) is 0 Å². The maximum absolute atomic E-state index is 13.6. The second-order valence-corrected chi connectivity index (χ2v) is 6.40. The first kappa shape index (κ1) is 14.4. The van der Waals surface area contributed by atoms with E-state index in [9.17, 15) is 9.18 Å². The van der Waals surface area contributed by atoms with Gasteiger partial charge in [0.2, 0.25) is 0 Å². The zero-order chi connectivity index (χ0) is 15.8. The number of rotatable bonds is 3.